The average molecular weight is 265 g/mol. The fraction of sp³-hybridized carbons (Fsp3) is 0.118. The van der Waals surface area contributed by atoms with Gasteiger partial charge in [0.25, 0.3) is 0 Å². The number of hydrogen-bond acceptors (Lipinski definition) is 1. The van der Waals surface area contributed by atoms with Crippen molar-refractivity contribution in [2.75, 3.05) is 7.05 Å². The van der Waals surface area contributed by atoms with Crippen molar-refractivity contribution in [1.82, 2.24) is 4.90 Å². The summed E-state index contributed by atoms with van der Waals surface area (Å²) in [5, 5.41) is 0. The van der Waals surface area contributed by atoms with Crippen LogP contribution < -0.4 is 0 Å². The lowest BCUT2D eigenvalue weighted by Gasteiger charge is -2.21. The van der Waals surface area contributed by atoms with Crippen LogP contribution in [0, 0.1) is 0 Å². The van der Waals surface area contributed by atoms with Gasteiger partial charge >= 0.3 is 0 Å². The molecule has 0 bridgehead atoms. The summed E-state index contributed by atoms with van der Waals surface area (Å²) in [5.74, 6) is 0. The van der Waals surface area contributed by atoms with Gasteiger partial charge < -0.3 is 4.90 Å². The van der Waals surface area contributed by atoms with Crippen molar-refractivity contribution in [3.63, 3.8) is 0 Å². The molecule has 0 N–H and O–H groups in total. The van der Waals surface area contributed by atoms with Gasteiger partial charge in [-0.1, -0.05) is 66.8 Å². The molecule has 0 aromatic heterocycles. The Morgan fingerprint density at radius 2 is 1.63 bits per heavy atom. The van der Waals surface area contributed by atoms with E-state index in [1.54, 1.807) is 0 Å². The minimum atomic E-state index is 0.828. The van der Waals surface area contributed by atoms with E-state index in [4.69, 9.17) is 12.2 Å². The average Bonchev–Trinajstić information content (AvgIpc) is 2.58. The quantitative estimate of drug-likeness (QED) is 0.717. The molecule has 0 saturated heterocycles. The third kappa shape index (κ3) is 2.32. The Balaban J connectivity index is 2.16. The van der Waals surface area contributed by atoms with E-state index in [9.17, 15) is 0 Å². The first-order valence-corrected chi connectivity index (χ1v) is 6.78. The molecule has 1 aliphatic heterocycles. The zero-order chi connectivity index (χ0) is 13.2. The fourth-order valence-corrected chi connectivity index (χ4v) is 2.64. The first-order valence-electron chi connectivity index (χ1n) is 6.37. The fourth-order valence-electron chi connectivity index (χ4n) is 2.38. The van der Waals surface area contributed by atoms with E-state index < -0.39 is 0 Å². The van der Waals surface area contributed by atoms with E-state index >= 15 is 0 Å². The Hall–Kier alpha value is -1.93. The standard InChI is InChI=1S/C17H15NS/c1-18-16(13-7-3-2-4-8-13)11-14-9-5-6-10-15(14)12-17(18)19/h2-11H,12H2,1H3. The molecule has 94 valence electrons. The summed E-state index contributed by atoms with van der Waals surface area (Å²) in [7, 11) is 2.05. The molecule has 1 heterocycles. The predicted octanol–water partition coefficient (Wildman–Crippen LogP) is 4.00. The van der Waals surface area contributed by atoms with Gasteiger partial charge in [-0.3, -0.25) is 0 Å². The highest BCUT2D eigenvalue weighted by Gasteiger charge is 2.17. The number of nitrogens with zero attached hydrogens (tertiary/aromatic N) is 1. The molecule has 2 aromatic carbocycles. The first-order chi connectivity index (χ1) is 9.25. The summed E-state index contributed by atoms with van der Waals surface area (Å²) < 4.78 is 0. The van der Waals surface area contributed by atoms with Crippen LogP contribution in [-0.2, 0) is 6.42 Å². The summed E-state index contributed by atoms with van der Waals surface area (Å²) in [6.45, 7) is 0. The number of likely N-dealkylation sites (N-methyl/N-ethyl adjacent to an activating group) is 1. The van der Waals surface area contributed by atoms with Crippen molar-refractivity contribution >= 4 is 29.0 Å². The van der Waals surface area contributed by atoms with Gasteiger partial charge in [0.2, 0.25) is 0 Å². The van der Waals surface area contributed by atoms with Gasteiger partial charge in [-0.25, -0.2) is 0 Å². The second-order valence-corrected chi connectivity index (χ2v) is 5.20. The third-order valence-electron chi connectivity index (χ3n) is 3.49. The van der Waals surface area contributed by atoms with Crippen molar-refractivity contribution in [3.05, 3.63) is 71.3 Å². The zero-order valence-electron chi connectivity index (χ0n) is 10.8. The van der Waals surface area contributed by atoms with Gasteiger partial charge in [0.1, 0.15) is 0 Å². The summed E-state index contributed by atoms with van der Waals surface area (Å²) in [5.41, 5.74) is 4.91. The molecule has 1 nitrogen and oxygen atoms in total. The largest absolute Gasteiger partial charge is 0.338 e. The molecule has 0 saturated carbocycles. The lowest BCUT2D eigenvalue weighted by atomic mass is 10.0. The van der Waals surface area contributed by atoms with Gasteiger partial charge in [0.15, 0.2) is 0 Å². The molecule has 0 amide bonds. The molecule has 0 aliphatic carbocycles. The van der Waals surface area contributed by atoms with Crippen molar-refractivity contribution in [2.24, 2.45) is 0 Å². The Labute approximate surface area is 119 Å². The monoisotopic (exact) mass is 265 g/mol. The Kier molecular flexibility index (Phi) is 3.18. The molecular formula is C17H15NS. The number of fused-ring (bicyclic) bond motifs is 1. The predicted molar refractivity (Wildman–Crippen MR) is 84.8 cm³/mol. The van der Waals surface area contributed by atoms with Crippen LogP contribution in [0.25, 0.3) is 11.8 Å². The van der Waals surface area contributed by atoms with E-state index in [-0.39, 0.29) is 0 Å². The topological polar surface area (TPSA) is 3.24 Å². The molecule has 0 fully saturated rings. The van der Waals surface area contributed by atoms with E-state index in [1.807, 2.05) is 13.1 Å². The van der Waals surface area contributed by atoms with Crippen LogP contribution in [0.3, 0.4) is 0 Å². The Morgan fingerprint density at radius 3 is 2.42 bits per heavy atom. The molecule has 0 unspecified atom stereocenters. The maximum atomic E-state index is 5.55. The van der Waals surface area contributed by atoms with Crippen LogP contribution in [0.15, 0.2) is 54.6 Å². The van der Waals surface area contributed by atoms with Crippen LogP contribution in [0.1, 0.15) is 16.7 Å². The molecule has 0 atom stereocenters. The smallest absolute Gasteiger partial charge is 0.0865 e. The van der Waals surface area contributed by atoms with Gasteiger partial charge in [-0.05, 0) is 22.8 Å². The molecule has 2 heteroatoms. The lowest BCUT2D eigenvalue weighted by molar-refractivity contribution is 0.725. The SMILES string of the molecule is CN1C(=S)Cc2ccccc2C=C1c1ccccc1. The van der Waals surface area contributed by atoms with E-state index in [0.29, 0.717) is 0 Å². The molecule has 0 radical (unpaired) electrons. The highest BCUT2D eigenvalue weighted by Crippen LogP contribution is 2.27. The number of rotatable bonds is 1. The van der Waals surface area contributed by atoms with Crippen molar-refractivity contribution in [1.29, 1.82) is 0 Å². The second kappa shape index (κ2) is 4.98. The first kappa shape index (κ1) is 12.1. The lowest BCUT2D eigenvalue weighted by Crippen LogP contribution is -2.23. The third-order valence-corrected chi connectivity index (χ3v) is 3.91. The summed E-state index contributed by atoms with van der Waals surface area (Å²) in [6, 6.07) is 18.9. The van der Waals surface area contributed by atoms with Gasteiger partial charge in [-0.15, -0.1) is 0 Å². The van der Waals surface area contributed by atoms with Crippen LogP contribution in [0.5, 0.6) is 0 Å². The molecule has 3 rings (SSSR count). The molecule has 1 aliphatic rings. The van der Waals surface area contributed by atoms with Crippen molar-refractivity contribution < 1.29 is 0 Å². The Bertz CT molecular complexity index is 643. The highest BCUT2D eigenvalue weighted by atomic mass is 32.1. The molecule has 2 aromatic rings. The van der Waals surface area contributed by atoms with Gasteiger partial charge in [0, 0.05) is 19.2 Å². The van der Waals surface area contributed by atoms with Crippen molar-refractivity contribution in [2.45, 2.75) is 6.42 Å². The molecule has 0 spiro atoms. The van der Waals surface area contributed by atoms with Crippen molar-refractivity contribution in [3.8, 4) is 0 Å². The highest BCUT2D eigenvalue weighted by molar-refractivity contribution is 7.80. The molecule has 19 heavy (non-hydrogen) atoms. The maximum Gasteiger partial charge on any atom is 0.0865 e. The van der Waals surface area contributed by atoms with Crippen LogP contribution >= 0.6 is 12.2 Å². The van der Waals surface area contributed by atoms with E-state index in [0.717, 1.165) is 17.1 Å². The van der Waals surface area contributed by atoms with Crippen LogP contribution in [0.2, 0.25) is 0 Å². The maximum absolute atomic E-state index is 5.55. The zero-order valence-corrected chi connectivity index (χ0v) is 11.7. The second-order valence-electron chi connectivity index (χ2n) is 4.72. The number of hydrogen-bond donors (Lipinski definition) is 0. The van der Waals surface area contributed by atoms with Gasteiger partial charge in [-0.2, -0.15) is 0 Å². The summed E-state index contributed by atoms with van der Waals surface area (Å²) >= 11 is 5.55. The number of thiocarbonyl (C=S) groups is 1. The summed E-state index contributed by atoms with van der Waals surface area (Å²) in [4.78, 5) is 3.07. The normalized spacial score (nSPS) is 14.7. The Morgan fingerprint density at radius 1 is 0.947 bits per heavy atom. The van der Waals surface area contributed by atoms with E-state index in [1.165, 1.54) is 16.7 Å². The molecular weight excluding hydrogens is 250 g/mol. The van der Waals surface area contributed by atoms with Gasteiger partial charge in [0.05, 0.1) is 4.99 Å². The van der Waals surface area contributed by atoms with Crippen LogP contribution in [-0.4, -0.2) is 16.9 Å². The summed E-state index contributed by atoms with van der Waals surface area (Å²) in [6.07, 6.45) is 3.05. The minimum Gasteiger partial charge on any atom is -0.338 e. The minimum absolute atomic E-state index is 0.828. The van der Waals surface area contributed by atoms with Crippen LogP contribution in [0.4, 0.5) is 0 Å². The van der Waals surface area contributed by atoms with E-state index in [2.05, 4.69) is 59.5 Å². The number of benzene rings is 2.